The summed E-state index contributed by atoms with van der Waals surface area (Å²) in [5.41, 5.74) is 3.39. The van der Waals surface area contributed by atoms with Crippen molar-refractivity contribution in [3.8, 4) is 0 Å². The topological polar surface area (TPSA) is 12.0 Å². The molecule has 1 atom stereocenters. The van der Waals surface area contributed by atoms with Gasteiger partial charge in [-0.2, -0.15) is 0 Å². The van der Waals surface area contributed by atoms with Crippen LogP contribution in [-0.4, -0.2) is 0 Å². The lowest BCUT2D eigenvalue weighted by Gasteiger charge is -2.16. The van der Waals surface area contributed by atoms with Crippen molar-refractivity contribution in [1.82, 2.24) is 0 Å². The van der Waals surface area contributed by atoms with Gasteiger partial charge in [-0.1, -0.05) is 39.7 Å². The van der Waals surface area contributed by atoms with Crippen LogP contribution in [0.5, 0.6) is 0 Å². The highest BCUT2D eigenvalue weighted by molar-refractivity contribution is 9.10. The highest BCUT2D eigenvalue weighted by Gasteiger charge is 2.23. The van der Waals surface area contributed by atoms with Gasteiger partial charge in [0, 0.05) is 10.2 Å². The molecule has 1 unspecified atom stereocenters. The van der Waals surface area contributed by atoms with E-state index in [0.29, 0.717) is 0 Å². The zero-order valence-corrected chi connectivity index (χ0v) is 12.4. The van der Waals surface area contributed by atoms with E-state index in [1.165, 1.54) is 17.2 Å². The Balaban J connectivity index is 1.86. The summed E-state index contributed by atoms with van der Waals surface area (Å²) in [6.45, 7) is 0. The molecule has 0 saturated carbocycles. The summed E-state index contributed by atoms with van der Waals surface area (Å²) >= 11 is 9.27. The zero-order valence-electron chi connectivity index (χ0n) is 10.1. The minimum absolute atomic E-state index is 0.153. The average molecular weight is 341 g/mol. The van der Waals surface area contributed by atoms with Crippen molar-refractivity contribution in [2.45, 2.75) is 18.9 Å². The third-order valence-electron chi connectivity index (χ3n) is 3.47. The van der Waals surface area contributed by atoms with E-state index in [-0.39, 0.29) is 16.9 Å². The number of hydrogen-bond donors (Lipinski definition) is 1. The van der Waals surface area contributed by atoms with Gasteiger partial charge in [-0.05, 0) is 48.2 Å². The highest BCUT2D eigenvalue weighted by Crippen LogP contribution is 2.37. The number of benzene rings is 2. The van der Waals surface area contributed by atoms with Gasteiger partial charge in [0.25, 0.3) is 0 Å². The molecule has 1 nitrogen and oxygen atoms in total. The van der Waals surface area contributed by atoms with Crippen molar-refractivity contribution < 1.29 is 4.39 Å². The van der Waals surface area contributed by atoms with Crippen molar-refractivity contribution in [2.75, 3.05) is 5.32 Å². The van der Waals surface area contributed by atoms with Crippen molar-refractivity contribution in [3.05, 3.63) is 62.8 Å². The van der Waals surface area contributed by atoms with Gasteiger partial charge < -0.3 is 5.32 Å². The van der Waals surface area contributed by atoms with Crippen LogP contribution in [0, 0.1) is 5.82 Å². The van der Waals surface area contributed by atoms with Crippen LogP contribution in [0.4, 0.5) is 10.1 Å². The molecule has 1 N–H and O–H groups in total. The first-order chi connectivity index (χ1) is 9.15. The SMILES string of the molecule is Fc1cc(NC2CCc3c(Br)cccc32)ccc1Cl. The van der Waals surface area contributed by atoms with Gasteiger partial charge >= 0.3 is 0 Å². The normalized spacial score (nSPS) is 17.3. The maximum atomic E-state index is 13.4. The van der Waals surface area contributed by atoms with Gasteiger partial charge in [0.1, 0.15) is 5.82 Å². The van der Waals surface area contributed by atoms with Crippen LogP contribution in [0.1, 0.15) is 23.6 Å². The predicted molar refractivity (Wildman–Crippen MR) is 80.2 cm³/mol. The third kappa shape index (κ3) is 2.49. The van der Waals surface area contributed by atoms with Crippen molar-refractivity contribution >= 4 is 33.2 Å². The summed E-state index contributed by atoms with van der Waals surface area (Å²) in [6.07, 6.45) is 2.05. The molecule has 2 aromatic carbocycles. The van der Waals surface area contributed by atoms with E-state index in [1.807, 2.05) is 6.07 Å². The minimum atomic E-state index is -0.390. The lowest BCUT2D eigenvalue weighted by atomic mass is 10.1. The van der Waals surface area contributed by atoms with Crippen LogP contribution in [-0.2, 0) is 6.42 Å². The van der Waals surface area contributed by atoms with Gasteiger partial charge in [-0.15, -0.1) is 0 Å². The Morgan fingerprint density at radius 3 is 2.89 bits per heavy atom. The number of halogens is 3. The molecular formula is C15H12BrClFN. The van der Waals surface area contributed by atoms with Gasteiger partial charge in [0.05, 0.1) is 11.1 Å². The summed E-state index contributed by atoms with van der Waals surface area (Å²) in [4.78, 5) is 0. The van der Waals surface area contributed by atoms with Gasteiger partial charge in [0.2, 0.25) is 0 Å². The molecule has 0 bridgehead atoms. The number of fused-ring (bicyclic) bond motifs is 1. The predicted octanol–water partition coefficient (Wildman–Crippen LogP) is 5.34. The first kappa shape index (κ1) is 12.9. The molecule has 19 heavy (non-hydrogen) atoms. The lowest BCUT2D eigenvalue weighted by molar-refractivity contribution is 0.628. The molecule has 98 valence electrons. The largest absolute Gasteiger partial charge is 0.378 e. The van der Waals surface area contributed by atoms with E-state index in [1.54, 1.807) is 12.1 Å². The van der Waals surface area contributed by atoms with E-state index in [0.717, 1.165) is 23.0 Å². The second kappa shape index (κ2) is 5.14. The Morgan fingerprint density at radius 2 is 2.11 bits per heavy atom. The smallest absolute Gasteiger partial charge is 0.143 e. The summed E-state index contributed by atoms with van der Waals surface area (Å²) in [5.74, 6) is -0.390. The van der Waals surface area contributed by atoms with Gasteiger partial charge in [-0.25, -0.2) is 4.39 Å². The van der Waals surface area contributed by atoms with E-state index < -0.39 is 0 Å². The molecule has 0 aromatic heterocycles. The summed E-state index contributed by atoms with van der Waals surface area (Å²) in [7, 11) is 0. The highest BCUT2D eigenvalue weighted by atomic mass is 79.9. The Bertz CT molecular complexity index is 630. The number of anilines is 1. The number of hydrogen-bond acceptors (Lipinski definition) is 1. The summed E-state index contributed by atoms with van der Waals surface area (Å²) < 4.78 is 14.6. The standard InChI is InChI=1S/C15H12BrClFN/c16-12-3-1-2-11-10(12)5-7-15(11)19-9-4-6-13(17)14(18)8-9/h1-4,6,8,15,19H,5,7H2. The van der Waals surface area contributed by atoms with E-state index in [2.05, 4.69) is 33.4 Å². The molecule has 0 saturated heterocycles. The second-order valence-electron chi connectivity index (χ2n) is 4.67. The third-order valence-corrected chi connectivity index (χ3v) is 4.52. The summed E-state index contributed by atoms with van der Waals surface area (Å²) in [6, 6.07) is 11.3. The minimum Gasteiger partial charge on any atom is -0.378 e. The van der Waals surface area contributed by atoms with Crippen LogP contribution >= 0.6 is 27.5 Å². The van der Waals surface area contributed by atoms with Crippen LogP contribution in [0.2, 0.25) is 5.02 Å². The second-order valence-corrected chi connectivity index (χ2v) is 5.93. The Labute approximate surface area is 124 Å². The van der Waals surface area contributed by atoms with Crippen molar-refractivity contribution in [2.24, 2.45) is 0 Å². The van der Waals surface area contributed by atoms with E-state index in [4.69, 9.17) is 11.6 Å². The fraction of sp³-hybridized carbons (Fsp3) is 0.200. The van der Waals surface area contributed by atoms with E-state index >= 15 is 0 Å². The van der Waals surface area contributed by atoms with Crippen LogP contribution in [0.25, 0.3) is 0 Å². The molecule has 4 heteroatoms. The first-order valence-electron chi connectivity index (χ1n) is 6.14. The summed E-state index contributed by atoms with van der Waals surface area (Å²) in [5, 5.41) is 3.53. The quantitative estimate of drug-likeness (QED) is 0.778. The van der Waals surface area contributed by atoms with Gasteiger partial charge in [-0.3, -0.25) is 0 Å². The zero-order chi connectivity index (χ0) is 13.4. The monoisotopic (exact) mass is 339 g/mol. The maximum absolute atomic E-state index is 13.4. The molecule has 1 aliphatic carbocycles. The molecule has 0 amide bonds. The molecule has 3 rings (SSSR count). The fourth-order valence-corrected chi connectivity index (χ4v) is 3.24. The van der Waals surface area contributed by atoms with Crippen molar-refractivity contribution in [1.29, 1.82) is 0 Å². The van der Waals surface area contributed by atoms with Crippen LogP contribution < -0.4 is 5.32 Å². The Hall–Kier alpha value is -1.06. The lowest BCUT2D eigenvalue weighted by Crippen LogP contribution is -2.07. The Kier molecular flexibility index (Phi) is 3.50. The fourth-order valence-electron chi connectivity index (χ4n) is 2.55. The first-order valence-corrected chi connectivity index (χ1v) is 7.31. The molecule has 0 fully saturated rings. The molecular weight excluding hydrogens is 329 g/mol. The molecule has 1 aliphatic rings. The van der Waals surface area contributed by atoms with Crippen LogP contribution in [0.3, 0.4) is 0 Å². The van der Waals surface area contributed by atoms with E-state index in [9.17, 15) is 4.39 Å². The number of rotatable bonds is 2. The van der Waals surface area contributed by atoms with Gasteiger partial charge in [0.15, 0.2) is 0 Å². The molecule has 0 spiro atoms. The average Bonchev–Trinajstić information content (AvgIpc) is 2.79. The Morgan fingerprint density at radius 1 is 1.26 bits per heavy atom. The molecule has 0 heterocycles. The molecule has 0 radical (unpaired) electrons. The number of nitrogens with one attached hydrogen (secondary N) is 1. The van der Waals surface area contributed by atoms with Crippen LogP contribution in [0.15, 0.2) is 40.9 Å². The maximum Gasteiger partial charge on any atom is 0.143 e. The molecule has 0 aliphatic heterocycles. The molecule has 2 aromatic rings. The van der Waals surface area contributed by atoms with Crippen molar-refractivity contribution in [3.63, 3.8) is 0 Å².